The van der Waals surface area contributed by atoms with Crippen LogP contribution in [-0.4, -0.2) is 0 Å². The molecule has 0 heterocycles. The minimum atomic E-state index is -0.449. The molecule has 2 N–H and O–H groups in total. The van der Waals surface area contributed by atoms with E-state index in [1.165, 1.54) is 50.1 Å². The van der Waals surface area contributed by atoms with Gasteiger partial charge in [0.15, 0.2) is 0 Å². The summed E-state index contributed by atoms with van der Waals surface area (Å²) in [4.78, 5) is 0. The lowest BCUT2D eigenvalue weighted by Gasteiger charge is -2.34. The lowest BCUT2D eigenvalue weighted by Crippen LogP contribution is -2.28. The van der Waals surface area contributed by atoms with Crippen molar-refractivity contribution in [1.82, 2.24) is 0 Å². The maximum Gasteiger partial charge on any atom is 0.0714 e. The van der Waals surface area contributed by atoms with Crippen molar-refractivity contribution in [2.75, 3.05) is 5.73 Å². The monoisotopic (exact) mass is 465 g/mol. The summed E-state index contributed by atoms with van der Waals surface area (Å²) in [6.07, 6.45) is 0. The van der Waals surface area contributed by atoms with Gasteiger partial charge in [-0.3, -0.25) is 0 Å². The van der Waals surface area contributed by atoms with Gasteiger partial charge in [0, 0.05) is 5.69 Å². The number of rotatable bonds is 3. The fourth-order valence-corrected chi connectivity index (χ4v) is 6.06. The van der Waals surface area contributed by atoms with Crippen LogP contribution in [0.25, 0.3) is 22.3 Å². The standard InChI is InChI=1S/C35H31N/c1-34(2,3)31-17-11-10-16-28(31)24-18-20-29-30-21-19-27(36)23-33(30)35(32(29)22-24,25-12-6-4-7-13-25)26-14-8-5-9-15-26/h4-23H,36H2,1-3H3. The van der Waals surface area contributed by atoms with Crippen molar-refractivity contribution < 1.29 is 0 Å². The molecule has 1 aliphatic carbocycles. The first-order valence-corrected chi connectivity index (χ1v) is 12.7. The molecule has 5 aromatic carbocycles. The van der Waals surface area contributed by atoms with Crippen LogP contribution < -0.4 is 5.73 Å². The van der Waals surface area contributed by atoms with Gasteiger partial charge in [-0.1, -0.05) is 124 Å². The van der Waals surface area contributed by atoms with Gasteiger partial charge in [-0.05, 0) is 73.7 Å². The first-order valence-electron chi connectivity index (χ1n) is 12.7. The summed E-state index contributed by atoms with van der Waals surface area (Å²) >= 11 is 0. The van der Waals surface area contributed by atoms with E-state index in [-0.39, 0.29) is 5.41 Å². The molecule has 0 aliphatic heterocycles. The molecule has 5 aromatic rings. The normalized spacial score (nSPS) is 13.8. The quantitative estimate of drug-likeness (QED) is 0.260. The summed E-state index contributed by atoms with van der Waals surface area (Å²) in [5.74, 6) is 0. The molecule has 176 valence electrons. The van der Waals surface area contributed by atoms with Gasteiger partial charge in [-0.25, -0.2) is 0 Å². The van der Waals surface area contributed by atoms with E-state index in [4.69, 9.17) is 5.73 Å². The molecular formula is C35H31N. The number of nitrogens with two attached hydrogens (primary N) is 1. The maximum absolute atomic E-state index is 6.43. The number of fused-ring (bicyclic) bond motifs is 3. The Morgan fingerprint density at radius 2 is 1.06 bits per heavy atom. The second-order valence-corrected chi connectivity index (χ2v) is 10.8. The van der Waals surface area contributed by atoms with E-state index in [1.807, 2.05) is 6.07 Å². The van der Waals surface area contributed by atoms with Gasteiger partial charge in [0.1, 0.15) is 0 Å². The molecule has 1 nitrogen and oxygen atoms in total. The predicted molar refractivity (Wildman–Crippen MR) is 152 cm³/mol. The van der Waals surface area contributed by atoms with Crippen molar-refractivity contribution in [3.05, 3.63) is 149 Å². The van der Waals surface area contributed by atoms with Crippen LogP contribution in [0, 0.1) is 0 Å². The van der Waals surface area contributed by atoms with E-state index >= 15 is 0 Å². The summed E-state index contributed by atoms with van der Waals surface area (Å²) < 4.78 is 0. The number of hydrogen-bond donors (Lipinski definition) is 1. The van der Waals surface area contributed by atoms with Crippen LogP contribution in [0.1, 0.15) is 48.6 Å². The lowest BCUT2D eigenvalue weighted by atomic mass is 9.67. The van der Waals surface area contributed by atoms with Gasteiger partial charge in [0.25, 0.3) is 0 Å². The molecule has 0 fully saturated rings. The molecule has 1 heteroatoms. The second kappa shape index (κ2) is 8.24. The van der Waals surface area contributed by atoms with Crippen LogP contribution in [0.5, 0.6) is 0 Å². The molecule has 0 saturated carbocycles. The number of anilines is 1. The molecule has 0 spiro atoms. The Kier molecular flexibility index (Phi) is 5.12. The van der Waals surface area contributed by atoms with Crippen molar-refractivity contribution in [2.45, 2.75) is 31.6 Å². The van der Waals surface area contributed by atoms with Crippen molar-refractivity contribution in [3.8, 4) is 22.3 Å². The van der Waals surface area contributed by atoms with Crippen LogP contribution in [0.15, 0.2) is 121 Å². The highest BCUT2D eigenvalue weighted by molar-refractivity contribution is 5.89. The summed E-state index contributed by atoms with van der Waals surface area (Å²) in [6, 6.07) is 44.0. The summed E-state index contributed by atoms with van der Waals surface area (Å²) in [5.41, 5.74) is 18.3. The molecule has 0 amide bonds. The zero-order valence-corrected chi connectivity index (χ0v) is 21.1. The fraction of sp³-hybridized carbons (Fsp3) is 0.143. The van der Waals surface area contributed by atoms with E-state index in [0.29, 0.717) is 0 Å². The third-order valence-electron chi connectivity index (χ3n) is 7.62. The van der Waals surface area contributed by atoms with Crippen LogP contribution in [0.3, 0.4) is 0 Å². The zero-order chi connectivity index (χ0) is 24.9. The first kappa shape index (κ1) is 22.4. The highest BCUT2D eigenvalue weighted by Crippen LogP contribution is 2.57. The van der Waals surface area contributed by atoms with Gasteiger partial charge in [0.2, 0.25) is 0 Å². The number of benzene rings is 5. The van der Waals surface area contributed by atoms with Gasteiger partial charge in [0.05, 0.1) is 5.41 Å². The summed E-state index contributed by atoms with van der Waals surface area (Å²) in [7, 11) is 0. The molecule has 0 aromatic heterocycles. The fourth-order valence-electron chi connectivity index (χ4n) is 6.06. The number of hydrogen-bond acceptors (Lipinski definition) is 1. The van der Waals surface area contributed by atoms with E-state index in [9.17, 15) is 0 Å². The maximum atomic E-state index is 6.43. The van der Waals surface area contributed by atoms with Crippen molar-refractivity contribution in [2.24, 2.45) is 0 Å². The van der Waals surface area contributed by atoms with E-state index in [1.54, 1.807) is 0 Å². The Morgan fingerprint density at radius 1 is 0.528 bits per heavy atom. The molecule has 0 unspecified atom stereocenters. The third-order valence-corrected chi connectivity index (χ3v) is 7.62. The average molecular weight is 466 g/mol. The molecule has 1 aliphatic rings. The Hall–Kier alpha value is -4.10. The number of nitrogen functional groups attached to an aromatic ring is 1. The van der Waals surface area contributed by atoms with Gasteiger partial charge in [-0.2, -0.15) is 0 Å². The van der Waals surface area contributed by atoms with E-state index in [2.05, 4.69) is 136 Å². The molecule has 0 saturated heterocycles. The molecule has 36 heavy (non-hydrogen) atoms. The highest BCUT2D eigenvalue weighted by atomic mass is 14.6. The predicted octanol–water partition coefficient (Wildman–Crippen LogP) is 8.60. The summed E-state index contributed by atoms with van der Waals surface area (Å²) in [6.45, 7) is 6.86. The molecule has 6 rings (SSSR count). The third kappa shape index (κ3) is 3.31. The largest absolute Gasteiger partial charge is 0.399 e. The van der Waals surface area contributed by atoms with Crippen LogP contribution >= 0.6 is 0 Å². The van der Waals surface area contributed by atoms with E-state index in [0.717, 1.165) is 5.69 Å². The van der Waals surface area contributed by atoms with Gasteiger partial charge >= 0.3 is 0 Å². The van der Waals surface area contributed by atoms with Crippen LogP contribution in [-0.2, 0) is 10.8 Å². The minimum absolute atomic E-state index is 0.0446. The average Bonchev–Trinajstić information content (AvgIpc) is 3.18. The SMILES string of the molecule is CC(C)(C)c1ccccc1-c1ccc2c(c1)C(c1ccccc1)(c1ccccc1)c1cc(N)ccc1-2. The van der Waals surface area contributed by atoms with Crippen molar-refractivity contribution in [1.29, 1.82) is 0 Å². The van der Waals surface area contributed by atoms with Crippen molar-refractivity contribution in [3.63, 3.8) is 0 Å². The zero-order valence-electron chi connectivity index (χ0n) is 21.1. The first-order chi connectivity index (χ1) is 17.4. The minimum Gasteiger partial charge on any atom is -0.399 e. The molecule has 0 atom stereocenters. The van der Waals surface area contributed by atoms with E-state index < -0.39 is 5.41 Å². The Bertz CT molecular complexity index is 1520. The Morgan fingerprint density at radius 3 is 1.67 bits per heavy atom. The Balaban J connectivity index is 1.73. The van der Waals surface area contributed by atoms with Crippen LogP contribution in [0.2, 0.25) is 0 Å². The molecule has 0 bridgehead atoms. The summed E-state index contributed by atoms with van der Waals surface area (Å²) in [5, 5.41) is 0. The Labute approximate surface area is 214 Å². The second-order valence-electron chi connectivity index (χ2n) is 10.8. The van der Waals surface area contributed by atoms with Crippen molar-refractivity contribution >= 4 is 5.69 Å². The topological polar surface area (TPSA) is 26.0 Å². The smallest absolute Gasteiger partial charge is 0.0714 e. The lowest BCUT2D eigenvalue weighted by molar-refractivity contribution is 0.592. The van der Waals surface area contributed by atoms with Crippen LogP contribution in [0.4, 0.5) is 5.69 Å². The highest BCUT2D eigenvalue weighted by Gasteiger charge is 2.46. The van der Waals surface area contributed by atoms with Gasteiger partial charge < -0.3 is 5.73 Å². The molecular weight excluding hydrogens is 434 g/mol. The van der Waals surface area contributed by atoms with Gasteiger partial charge in [-0.15, -0.1) is 0 Å². The molecule has 0 radical (unpaired) electrons.